The second-order valence-corrected chi connectivity index (χ2v) is 7.92. The van der Waals surface area contributed by atoms with Crippen LogP contribution < -0.4 is 5.32 Å². The lowest BCUT2D eigenvalue weighted by atomic mass is 10.1. The van der Waals surface area contributed by atoms with Gasteiger partial charge in [0, 0.05) is 18.5 Å². The van der Waals surface area contributed by atoms with E-state index in [0.717, 1.165) is 16.8 Å². The zero-order valence-corrected chi connectivity index (χ0v) is 13.9. The van der Waals surface area contributed by atoms with E-state index < -0.39 is 15.7 Å². The molecular weight excluding hydrogens is 339 g/mol. The first-order chi connectivity index (χ1) is 10.8. The molecule has 0 saturated heterocycles. The van der Waals surface area contributed by atoms with Gasteiger partial charge in [-0.15, -0.1) is 0 Å². The minimum atomic E-state index is -3.58. The third-order valence-electron chi connectivity index (χ3n) is 3.13. The Hall–Kier alpha value is -2.26. The van der Waals surface area contributed by atoms with Crippen molar-refractivity contribution in [2.75, 3.05) is 11.6 Å². The van der Waals surface area contributed by atoms with Gasteiger partial charge in [0.15, 0.2) is 20.8 Å². The molecule has 0 radical (unpaired) electrons. The third kappa shape index (κ3) is 3.25. The van der Waals surface area contributed by atoms with Crippen molar-refractivity contribution < 1.29 is 12.8 Å². The molecule has 0 amide bonds. The van der Waals surface area contributed by atoms with Crippen molar-refractivity contribution in [2.45, 2.75) is 11.8 Å². The van der Waals surface area contributed by atoms with E-state index in [0.29, 0.717) is 16.5 Å². The number of nitrogens with zero attached hydrogens (tertiary/aromatic N) is 2. The first-order valence-electron chi connectivity index (χ1n) is 6.59. The van der Waals surface area contributed by atoms with Crippen molar-refractivity contribution in [3.63, 3.8) is 0 Å². The Morgan fingerprint density at radius 2 is 2.09 bits per heavy atom. The summed E-state index contributed by atoms with van der Waals surface area (Å²) in [6, 6.07) is 5.84. The summed E-state index contributed by atoms with van der Waals surface area (Å²) in [6.45, 7) is 1.81. The predicted octanol–water partition coefficient (Wildman–Crippen LogP) is 3.13. The Morgan fingerprint density at radius 3 is 2.70 bits per heavy atom. The zero-order valence-electron chi connectivity index (χ0n) is 12.3. The quantitative estimate of drug-likeness (QED) is 0.753. The highest BCUT2D eigenvalue weighted by Crippen LogP contribution is 2.34. The molecule has 0 fully saturated rings. The maximum atomic E-state index is 14.1. The van der Waals surface area contributed by atoms with Crippen LogP contribution in [0.15, 0.2) is 35.4 Å². The van der Waals surface area contributed by atoms with Gasteiger partial charge in [-0.05, 0) is 24.6 Å². The van der Waals surface area contributed by atoms with Crippen molar-refractivity contribution in [2.24, 2.45) is 0 Å². The van der Waals surface area contributed by atoms with E-state index in [9.17, 15) is 12.8 Å². The number of thiazole rings is 1. The number of aromatic nitrogens is 3. The minimum absolute atomic E-state index is 0.307. The summed E-state index contributed by atoms with van der Waals surface area (Å²) >= 11 is 1.34. The SMILES string of the molecule is Cc1nc(Nc2cc[nH]n2)sc1-c1ccc(S(C)(=O)=O)c(F)c1. The summed E-state index contributed by atoms with van der Waals surface area (Å²) in [4.78, 5) is 4.83. The number of aryl methyl sites for hydroxylation is 1. The highest BCUT2D eigenvalue weighted by Gasteiger charge is 2.17. The van der Waals surface area contributed by atoms with Crippen molar-refractivity contribution in [1.82, 2.24) is 15.2 Å². The average Bonchev–Trinajstić information content (AvgIpc) is 3.07. The second kappa shape index (κ2) is 5.74. The van der Waals surface area contributed by atoms with E-state index in [1.54, 1.807) is 18.3 Å². The smallest absolute Gasteiger partial charge is 0.189 e. The van der Waals surface area contributed by atoms with Gasteiger partial charge >= 0.3 is 0 Å². The topological polar surface area (TPSA) is 87.7 Å². The molecule has 0 aliphatic carbocycles. The van der Waals surface area contributed by atoms with Gasteiger partial charge in [-0.1, -0.05) is 17.4 Å². The lowest BCUT2D eigenvalue weighted by Crippen LogP contribution is -2.00. The predicted molar refractivity (Wildman–Crippen MR) is 87.2 cm³/mol. The Morgan fingerprint density at radius 1 is 1.30 bits per heavy atom. The summed E-state index contributed by atoms with van der Waals surface area (Å²) in [7, 11) is -3.58. The fraction of sp³-hybridized carbons (Fsp3) is 0.143. The normalized spacial score (nSPS) is 11.6. The highest BCUT2D eigenvalue weighted by atomic mass is 32.2. The molecule has 120 valence electrons. The molecule has 2 aromatic heterocycles. The van der Waals surface area contributed by atoms with Gasteiger partial charge in [-0.3, -0.25) is 5.10 Å². The number of halogens is 1. The number of sulfone groups is 1. The van der Waals surface area contributed by atoms with Crippen LogP contribution >= 0.6 is 11.3 Å². The van der Waals surface area contributed by atoms with E-state index in [-0.39, 0.29) is 4.90 Å². The fourth-order valence-corrected chi connectivity index (χ4v) is 3.80. The van der Waals surface area contributed by atoms with Gasteiger partial charge in [0.05, 0.1) is 10.6 Å². The Balaban J connectivity index is 1.96. The van der Waals surface area contributed by atoms with E-state index in [1.165, 1.54) is 23.5 Å². The van der Waals surface area contributed by atoms with Crippen LogP contribution in [-0.2, 0) is 9.84 Å². The Bertz CT molecular complexity index is 949. The number of H-pyrrole nitrogens is 1. The molecule has 1 aromatic carbocycles. The van der Waals surface area contributed by atoms with Gasteiger partial charge in [-0.25, -0.2) is 17.8 Å². The molecular formula is C14H13FN4O2S2. The highest BCUT2D eigenvalue weighted by molar-refractivity contribution is 7.90. The van der Waals surface area contributed by atoms with E-state index in [4.69, 9.17) is 0 Å². The third-order valence-corrected chi connectivity index (χ3v) is 5.38. The number of rotatable bonds is 4. The van der Waals surface area contributed by atoms with Crippen molar-refractivity contribution in [3.8, 4) is 10.4 Å². The molecule has 2 heterocycles. The lowest BCUT2D eigenvalue weighted by Gasteiger charge is -2.03. The molecule has 9 heteroatoms. The average molecular weight is 352 g/mol. The summed E-state index contributed by atoms with van der Waals surface area (Å²) in [5, 5.41) is 10.3. The van der Waals surface area contributed by atoms with Gasteiger partial charge in [-0.2, -0.15) is 5.10 Å². The maximum Gasteiger partial charge on any atom is 0.189 e. The summed E-state index contributed by atoms with van der Waals surface area (Å²) < 4.78 is 37.0. The van der Waals surface area contributed by atoms with Crippen LogP contribution in [0.4, 0.5) is 15.3 Å². The van der Waals surface area contributed by atoms with Crippen molar-refractivity contribution in [1.29, 1.82) is 0 Å². The Labute approximate surface area is 136 Å². The van der Waals surface area contributed by atoms with Crippen LogP contribution in [0, 0.1) is 12.7 Å². The molecule has 3 aromatic rings. The lowest BCUT2D eigenvalue weighted by molar-refractivity contribution is 0.571. The molecule has 2 N–H and O–H groups in total. The molecule has 23 heavy (non-hydrogen) atoms. The largest absolute Gasteiger partial charge is 0.315 e. The first kappa shape index (κ1) is 15.6. The van der Waals surface area contributed by atoms with Crippen LogP contribution in [-0.4, -0.2) is 29.9 Å². The molecule has 0 bridgehead atoms. The van der Waals surface area contributed by atoms with Crippen LogP contribution in [0.3, 0.4) is 0 Å². The molecule has 0 aliphatic heterocycles. The summed E-state index contributed by atoms with van der Waals surface area (Å²) in [6.07, 6.45) is 2.66. The van der Waals surface area contributed by atoms with E-state index >= 15 is 0 Å². The minimum Gasteiger partial charge on any atom is -0.315 e. The number of aromatic amines is 1. The summed E-state index contributed by atoms with van der Waals surface area (Å²) in [5.74, 6) is -0.136. The van der Waals surface area contributed by atoms with E-state index in [2.05, 4.69) is 20.5 Å². The number of hydrogen-bond donors (Lipinski definition) is 2. The molecule has 0 unspecified atom stereocenters. The zero-order chi connectivity index (χ0) is 16.6. The summed E-state index contributed by atoms with van der Waals surface area (Å²) in [5.41, 5.74) is 1.31. The van der Waals surface area contributed by atoms with Crippen LogP contribution in [0.1, 0.15) is 5.69 Å². The first-order valence-corrected chi connectivity index (χ1v) is 9.29. The van der Waals surface area contributed by atoms with Crippen LogP contribution in [0.5, 0.6) is 0 Å². The molecule has 0 spiro atoms. The van der Waals surface area contributed by atoms with E-state index in [1.807, 2.05) is 6.92 Å². The molecule has 3 rings (SSSR count). The fourth-order valence-electron chi connectivity index (χ4n) is 2.10. The maximum absolute atomic E-state index is 14.1. The molecule has 0 aliphatic rings. The van der Waals surface area contributed by atoms with Gasteiger partial charge in [0.25, 0.3) is 0 Å². The van der Waals surface area contributed by atoms with Gasteiger partial charge < -0.3 is 5.32 Å². The van der Waals surface area contributed by atoms with Gasteiger partial charge in [0.1, 0.15) is 10.7 Å². The molecule has 0 saturated carbocycles. The number of hydrogen-bond acceptors (Lipinski definition) is 6. The van der Waals surface area contributed by atoms with Crippen molar-refractivity contribution in [3.05, 3.63) is 42.0 Å². The monoisotopic (exact) mass is 352 g/mol. The second-order valence-electron chi connectivity index (χ2n) is 4.94. The molecule has 0 atom stereocenters. The standard InChI is InChI=1S/C14H13FN4O2S2/c1-8-13(22-14(17-8)18-12-5-6-16-19-12)9-3-4-11(10(15)7-9)23(2,20)21/h3-7H,1-2H3,(H2,16,17,18,19). The number of nitrogens with one attached hydrogen (secondary N) is 2. The molecule has 6 nitrogen and oxygen atoms in total. The van der Waals surface area contributed by atoms with Crippen LogP contribution in [0.25, 0.3) is 10.4 Å². The number of benzene rings is 1. The Kier molecular flexibility index (Phi) is 3.90. The number of anilines is 2. The van der Waals surface area contributed by atoms with Crippen LogP contribution in [0.2, 0.25) is 0 Å². The van der Waals surface area contributed by atoms with Gasteiger partial charge in [0.2, 0.25) is 0 Å². The van der Waals surface area contributed by atoms with Crippen molar-refractivity contribution >= 4 is 32.1 Å².